The van der Waals surface area contributed by atoms with Gasteiger partial charge in [-0.2, -0.15) is 0 Å². The predicted octanol–water partition coefficient (Wildman–Crippen LogP) is 2.36. The molecule has 1 aromatic carbocycles. The molecule has 0 spiro atoms. The number of rotatable bonds is 4. The Kier molecular flexibility index (Phi) is 3.00. The van der Waals surface area contributed by atoms with Crippen molar-refractivity contribution in [1.82, 2.24) is 4.98 Å². The maximum atomic E-state index is 10.5. The lowest BCUT2D eigenvalue weighted by Crippen LogP contribution is -1.97. The van der Waals surface area contributed by atoms with E-state index in [-0.39, 0.29) is 6.42 Å². The van der Waals surface area contributed by atoms with Crippen LogP contribution in [0.1, 0.15) is 12.0 Å². The number of carboxylic acids is 1. The Balaban J connectivity index is 2.17. The van der Waals surface area contributed by atoms with E-state index in [4.69, 9.17) is 9.52 Å². The van der Waals surface area contributed by atoms with Gasteiger partial charge >= 0.3 is 5.97 Å². The Morgan fingerprint density at radius 1 is 1.44 bits per heavy atom. The van der Waals surface area contributed by atoms with Gasteiger partial charge in [0, 0.05) is 12.0 Å². The maximum Gasteiger partial charge on any atom is 0.303 e. The average molecular weight is 217 g/mol. The minimum absolute atomic E-state index is 0.141. The maximum absolute atomic E-state index is 10.5. The summed E-state index contributed by atoms with van der Waals surface area (Å²) in [6.45, 7) is 0. The van der Waals surface area contributed by atoms with E-state index >= 15 is 0 Å². The fourth-order valence-electron chi connectivity index (χ4n) is 1.49. The van der Waals surface area contributed by atoms with Crippen LogP contribution in [-0.4, -0.2) is 16.1 Å². The highest BCUT2D eigenvalue weighted by Crippen LogP contribution is 2.18. The van der Waals surface area contributed by atoms with Gasteiger partial charge in [-0.15, -0.1) is 0 Å². The quantitative estimate of drug-likeness (QED) is 0.853. The van der Waals surface area contributed by atoms with Gasteiger partial charge < -0.3 is 9.52 Å². The lowest BCUT2D eigenvalue weighted by molar-refractivity contribution is -0.136. The molecule has 1 N–H and O–H groups in total. The lowest BCUT2D eigenvalue weighted by Gasteiger charge is -2.01. The van der Waals surface area contributed by atoms with Crippen LogP contribution in [0.15, 0.2) is 41.3 Å². The first-order valence-electron chi connectivity index (χ1n) is 4.95. The van der Waals surface area contributed by atoms with Crippen LogP contribution in [0.25, 0.3) is 11.3 Å². The topological polar surface area (TPSA) is 63.3 Å². The lowest BCUT2D eigenvalue weighted by atomic mass is 10.1. The third-order valence-electron chi connectivity index (χ3n) is 2.28. The molecule has 0 saturated heterocycles. The molecular weight excluding hydrogens is 206 g/mol. The molecule has 0 aliphatic carbocycles. The van der Waals surface area contributed by atoms with Gasteiger partial charge in [-0.1, -0.05) is 18.2 Å². The van der Waals surface area contributed by atoms with Crippen LogP contribution in [0.2, 0.25) is 0 Å². The summed E-state index contributed by atoms with van der Waals surface area (Å²) in [5.41, 5.74) is 2.69. The van der Waals surface area contributed by atoms with Crippen LogP contribution < -0.4 is 0 Å². The molecule has 4 nitrogen and oxygen atoms in total. The predicted molar refractivity (Wildman–Crippen MR) is 57.9 cm³/mol. The van der Waals surface area contributed by atoms with Gasteiger partial charge in [0.05, 0.1) is 0 Å². The molecule has 0 fully saturated rings. The van der Waals surface area contributed by atoms with Crippen molar-refractivity contribution in [3.8, 4) is 11.3 Å². The molecule has 2 rings (SSSR count). The SMILES string of the molecule is O=C(O)CCc1cccc(-c2cocn2)c1. The van der Waals surface area contributed by atoms with Crippen molar-refractivity contribution in [3.05, 3.63) is 42.5 Å². The highest BCUT2D eigenvalue weighted by atomic mass is 16.4. The second kappa shape index (κ2) is 4.61. The molecule has 0 bridgehead atoms. The average Bonchev–Trinajstić information content (AvgIpc) is 2.80. The molecule has 0 saturated carbocycles. The van der Waals surface area contributed by atoms with Crippen LogP contribution in [0.4, 0.5) is 0 Å². The number of hydrogen-bond acceptors (Lipinski definition) is 3. The molecular formula is C12H11NO3. The number of hydrogen-bond donors (Lipinski definition) is 1. The molecule has 0 atom stereocenters. The van der Waals surface area contributed by atoms with Gasteiger partial charge in [0.2, 0.25) is 0 Å². The van der Waals surface area contributed by atoms with E-state index in [0.29, 0.717) is 6.42 Å². The highest BCUT2D eigenvalue weighted by Gasteiger charge is 2.03. The van der Waals surface area contributed by atoms with Crippen LogP contribution in [-0.2, 0) is 11.2 Å². The van der Waals surface area contributed by atoms with Gasteiger partial charge in [0.25, 0.3) is 0 Å². The van der Waals surface area contributed by atoms with Crippen molar-refractivity contribution in [2.75, 3.05) is 0 Å². The van der Waals surface area contributed by atoms with Crippen molar-refractivity contribution >= 4 is 5.97 Å². The van der Waals surface area contributed by atoms with E-state index in [1.165, 1.54) is 6.39 Å². The number of oxazole rings is 1. The molecule has 0 aliphatic rings. The molecule has 82 valence electrons. The summed E-state index contributed by atoms with van der Waals surface area (Å²) >= 11 is 0. The van der Waals surface area contributed by atoms with Crippen molar-refractivity contribution in [1.29, 1.82) is 0 Å². The first-order chi connectivity index (χ1) is 7.75. The zero-order chi connectivity index (χ0) is 11.4. The number of benzene rings is 1. The normalized spacial score (nSPS) is 10.2. The molecule has 1 heterocycles. The number of nitrogens with zero attached hydrogens (tertiary/aromatic N) is 1. The molecule has 0 aliphatic heterocycles. The van der Waals surface area contributed by atoms with E-state index < -0.39 is 5.97 Å². The zero-order valence-electron chi connectivity index (χ0n) is 8.59. The number of aryl methyl sites for hydroxylation is 1. The first-order valence-corrected chi connectivity index (χ1v) is 4.95. The van der Waals surface area contributed by atoms with Crippen molar-refractivity contribution < 1.29 is 14.3 Å². The Morgan fingerprint density at radius 2 is 2.31 bits per heavy atom. The van der Waals surface area contributed by atoms with E-state index in [1.807, 2.05) is 24.3 Å². The van der Waals surface area contributed by atoms with Gasteiger partial charge in [-0.3, -0.25) is 4.79 Å². The van der Waals surface area contributed by atoms with E-state index in [0.717, 1.165) is 16.8 Å². The first kappa shape index (κ1) is 10.4. The number of aliphatic carboxylic acids is 1. The van der Waals surface area contributed by atoms with Crippen molar-refractivity contribution in [3.63, 3.8) is 0 Å². The Morgan fingerprint density at radius 3 is 3.00 bits per heavy atom. The molecule has 16 heavy (non-hydrogen) atoms. The molecule has 0 unspecified atom stereocenters. The minimum atomic E-state index is -0.785. The molecule has 0 amide bonds. The molecule has 0 radical (unpaired) electrons. The molecule has 2 aromatic rings. The van der Waals surface area contributed by atoms with E-state index in [1.54, 1.807) is 6.26 Å². The molecule has 1 aromatic heterocycles. The van der Waals surface area contributed by atoms with Crippen LogP contribution in [0.5, 0.6) is 0 Å². The third kappa shape index (κ3) is 2.48. The van der Waals surface area contributed by atoms with Gasteiger partial charge in [0.15, 0.2) is 6.39 Å². The second-order valence-corrected chi connectivity index (χ2v) is 3.47. The summed E-state index contributed by atoms with van der Waals surface area (Å²) in [5, 5.41) is 8.60. The summed E-state index contributed by atoms with van der Waals surface area (Å²) in [6, 6.07) is 7.65. The van der Waals surface area contributed by atoms with Crippen LogP contribution >= 0.6 is 0 Å². The monoisotopic (exact) mass is 217 g/mol. The number of aromatic nitrogens is 1. The van der Waals surface area contributed by atoms with Crippen molar-refractivity contribution in [2.45, 2.75) is 12.8 Å². The van der Waals surface area contributed by atoms with Crippen LogP contribution in [0, 0.1) is 0 Å². The zero-order valence-corrected chi connectivity index (χ0v) is 8.59. The molecule has 4 heteroatoms. The highest BCUT2D eigenvalue weighted by molar-refractivity contribution is 5.67. The van der Waals surface area contributed by atoms with Gasteiger partial charge in [0.1, 0.15) is 12.0 Å². The van der Waals surface area contributed by atoms with Gasteiger partial charge in [-0.25, -0.2) is 4.98 Å². The number of carbonyl (C=O) groups is 1. The largest absolute Gasteiger partial charge is 0.481 e. The standard InChI is InChI=1S/C12H11NO3/c14-12(15)5-4-9-2-1-3-10(6-9)11-7-16-8-13-11/h1-3,6-8H,4-5H2,(H,14,15). The van der Waals surface area contributed by atoms with Gasteiger partial charge in [-0.05, 0) is 18.1 Å². The minimum Gasteiger partial charge on any atom is -0.481 e. The van der Waals surface area contributed by atoms with Crippen LogP contribution in [0.3, 0.4) is 0 Å². The fraction of sp³-hybridized carbons (Fsp3) is 0.167. The smallest absolute Gasteiger partial charge is 0.303 e. The summed E-state index contributed by atoms with van der Waals surface area (Å²) in [4.78, 5) is 14.5. The summed E-state index contributed by atoms with van der Waals surface area (Å²) in [6.07, 6.45) is 3.61. The summed E-state index contributed by atoms with van der Waals surface area (Å²) in [7, 11) is 0. The fourth-order valence-corrected chi connectivity index (χ4v) is 1.49. The Labute approximate surface area is 92.6 Å². The second-order valence-electron chi connectivity index (χ2n) is 3.47. The van der Waals surface area contributed by atoms with Crippen molar-refractivity contribution in [2.24, 2.45) is 0 Å². The summed E-state index contributed by atoms with van der Waals surface area (Å²) < 4.78 is 4.90. The Hall–Kier alpha value is -2.10. The van der Waals surface area contributed by atoms with E-state index in [2.05, 4.69) is 4.98 Å². The van der Waals surface area contributed by atoms with E-state index in [9.17, 15) is 4.79 Å². The third-order valence-corrected chi connectivity index (χ3v) is 2.28. The Bertz CT molecular complexity index is 477. The summed E-state index contributed by atoms with van der Waals surface area (Å²) in [5.74, 6) is -0.785. The number of carboxylic acid groups (broad SMARTS) is 1.